The van der Waals surface area contributed by atoms with Gasteiger partial charge in [-0.05, 0) is 44.1 Å². The third-order valence-corrected chi connectivity index (χ3v) is 4.42. The number of carbonyl (C=O) groups excluding carboxylic acids is 1. The second-order valence-corrected chi connectivity index (χ2v) is 6.19. The number of nitrogens with two attached hydrogens (primary N) is 1. The monoisotopic (exact) mass is 274 g/mol. The summed E-state index contributed by atoms with van der Waals surface area (Å²) in [4.78, 5) is 11.7. The number of benzene rings is 1. The molecule has 1 amide bonds. The first-order chi connectivity index (χ1) is 9.58. The zero-order chi connectivity index (χ0) is 14.5. The van der Waals surface area contributed by atoms with E-state index >= 15 is 0 Å². The Balaban J connectivity index is 1.90. The second-order valence-electron chi connectivity index (χ2n) is 6.19. The number of primary amides is 1. The van der Waals surface area contributed by atoms with Gasteiger partial charge < -0.3 is 11.1 Å². The molecule has 2 rings (SSSR count). The standard InChI is InChI=1S/C17H26N2O/c1-12-11-13(2)19-15(16(12)17(18)20)10-6-9-14-7-4-3-5-8-14/h3-5,7-8,12-13,15-16,19H,6,9-11H2,1-2H3,(H2,18,20). The minimum absolute atomic E-state index is 0.0260. The zero-order valence-electron chi connectivity index (χ0n) is 12.5. The molecule has 1 aromatic rings. The van der Waals surface area contributed by atoms with E-state index in [4.69, 9.17) is 5.73 Å². The molecule has 0 aliphatic carbocycles. The van der Waals surface area contributed by atoms with Crippen molar-refractivity contribution in [1.29, 1.82) is 0 Å². The Bertz CT molecular complexity index is 432. The normalized spacial score (nSPS) is 30.1. The topological polar surface area (TPSA) is 55.1 Å². The predicted octanol–water partition coefficient (Wildman–Crippen LogP) is 2.50. The Morgan fingerprint density at radius 1 is 1.30 bits per heavy atom. The molecule has 1 aromatic carbocycles. The van der Waals surface area contributed by atoms with Crippen molar-refractivity contribution in [2.45, 2.75) is 51.6 Å². The van der Waals surface area contributed by atoms with Gasteiger partial charge in [0.25, 0.3) is 0 Å². The highest BCUT2D eigenvalue weighted by molar-refractivity contribution is 5.77. The SMILES string of the molecule is CC1CC(C)C(C(N)=O)C(CCCc2ccccc2)N1. The molecule has 3 nitrogen and oxygen atoms in total. The maximum atomic E-state index is 11.7. The highest BCUT2D eigenvalue weighted by Crippen LogP contribution is 2.28. The van der Waals surface area contributed by atoms with Crippen LogP contribution in [0, 0.1) is 11.8 Å². The molecule has 3 heteroatoms. The lowest BCUT2D eigenvalue weighted by molar-refractivity contribution is -0.125. The van der Waals surface area contributed by atoms with Gasteiger partial charge in [-0.3, -0.25) is 4.79 Å². The Labute approximate surface area is 121 Å². The number of hydrogen-bond donors (Lipinski definition) is 2. The van der Waals surface area contributed by atoms with Crippen LogP contribution in [-0.4, -0.2) is 18.0 Å². The summed E-state index contributed by atoms with van der Waals surface area (Å²) >= 11 is 0. The molecular weight excluding hydrogens is 248 g/mol. The molecule has 3 N–H and O–H groups in total. The van der Waals surface area contributed by atoms with Crippen molar-refractivity contribution in [2.24, 2.45) is 17.6 Å². The minimum atomic E-state index is -0.151. The summed E-state index contributed by atoms with van der Waals surface area (Å²) in [6.45, 7) is 4.34. The van der Waals surface area contributed by atoms with Crippen molar-refractivity contribution >= 4 is 5.91 Å². The molecule has 4 unspecified atom stereocenters. The lowest BCUT2D eigenvalue weighted by Crippen LogP contribution is -2.54. The molecule has 0 bridgehead atoms. The van der Waals surface area contributed by atoms with E-state index in [2.05, 4.69) is 43.4 Å². The largest absolute Gasteiger partial charge is 0.369 e. The van der Waals surface area contributed by atoms with Gasteiger partial charge in [-0.1, -0.05) is 37.3 Å². The van der Waals surface area contributed by atoms with Gasteiger partial charge >= 0.3 is 0 Å². The Hall–Kier alpha value is -1.35. The maximum Gasteiger partial charge on any atom is 0.222 e. The van der Waals surface area contributed by atoms with Crippen LogP contribution >= 0.6 is 0 Å². The van der Waals surface area contributed by atoms with E-state index in [1.165, 1.54) is 5.56 Å². The lowest BCUT2D eigenvalue weighted by atomic mass is 9.77. The molecule has 1 aliphatic heterocycles. The molecule has 0 saturated carbocycles. The molecule has 0 spiro atoms. The average molecular weight is 274 g/mol. The third kappa shape index (κ3) is 3.83. The quantitative estimate of drug-likeness (QED) is 0.866. The fourth-order valence-electron chi connectivity index (χ4n) is 3.55. The van der Waals surface area contributed by atoms with Crippen LogP contribution in [0.5, 0.6) is 0 Å². The number of aryl methyl sites for hydroxylation is 1. The fraction of sp³-hybridized carbons (Fsp3) is 0.588. The number of piperidine rings is 1. The van der Waals surface area contributed by atoms with Gasteiger partial charge in [0, 0.05) is 12.1 Å². The van der Waals surface area contributed by atoms with Crippen LogP contribution in [0.2, 0.25) is 0 Å². The lowest BCUT2D eigenvalue weighted by Gasteiger charge is -2.39. The summed E-state index contributed by atoms with van der Waals surface area (Å²) < 4.78 is 0. The Morgan fingerprint density at radius 3 is 2.65 bits per heavy atom. The summed E-state index contributed by atoms with van der Waals surface area (Å²) in [5.41, 5.74) is 6.96. The van der Waals surface area contributed by atoms with Gasteiger partial charge in [-0.15, -0.1) is 0 Å². The van der Waals surface area contributed by atoms with Crippen molar-refractivity contribution in [3.63, 3.8) is 0 Å². The highest BCUT2D eigenvalue weighted by Gasteiger charge is 2.36. The van der Waals surface area contributed by atoms with E-state index in [1.54, 1.807) is 0 Å². The van der Waals surface area contributed by atoms with E-state index in [0.717, 1.165) is 25.7 Å². The molecule has 20 heavy (non-hydrogen) atoms. The minimum Gasteiger partial charge on any atom is -0.369 e. The van der Waals surface area contributed by atoms with Gasteiger partial charge in [0.2, 0.25) is 5.91 Å². The average Bonchev–Trinajstić information content (AvgIpc) is 2.38. The van der Waals surface area contributed by atoms with E-state index in [-0.39, 0.29) is 17.9 Å². The van der Waals surface area contributed by atoms with Crippen molar-refractivity contribution in [3.8, 4) is 0 Å². The van der Waals surface area contributed by atoms with Crippen LogP contribution in [0.15, 0.2) is 30.3 Å². The fourth-order valence-corrected chi connectivity index (χ4v) is 3.55. The van der Waals surface area contributed by atoms with Gasteiger partial charge in [0.05, 0.1) is 5.92 Å². The summed E-state index contributed by atoms with van der Waals surface area (Å²) in [6, 6.07) is 11.2. The van der Waals surface area contributed by atoms with Gasteiger partial charge in [0.1, 0.15) is 0 Å². The Morgan fingerprint density at radius 2 is 2.00 bits per heavy atom. The number of rotatable bonds is 5. The van der Waals surface area contributed by atoms with E-state index in [1.807, 2.05) is 6.07 Å². The van der Waals surface area contributed by atoms with Crippen LogP contribution in [0.25, 0.3) is 0 Å². The first-order valence-electron chi connectivity index (χ1n) is 7.67. The van der Waals surface area contributed by atoms with Crippen molar-refractivity contribution in [2.75, 3.05) is 0 Å². The maximum absolute atomic E-state index is 11.7. The molecule has 1 aliphatic rings. The summed E-state index contributed by atoms with van der Waals surface area (Å²) in [5.74, 6) is 0.203. The van der Waals surface area contributed by atoms with Crippen molar-refractivity contribution in [1.82, 2.24) is 5.32 Å². The molecule has 0 aromatic heterocycles. The molecule has 110 valence electrons. The third-order valence-electron chi connectivity index (χ3n) is 4.42. The molecule has 1 saturated heterocycles. The molecule has 0 radical (unpaired) electrons. The smallest absolute Gasteiger partial charge is 0.222 e. The molecule has 4 atom stereocenters. The number of hydrogen-bond acceptors (Lipinski definition) is 2. The first-order valence-corrected chi connectivity index (χ1v) is 7.67. The van der Waals surface area contributed by atoms with E-state index in [9.17, 15) is 4.79 Å². The molecule has 1 heterocycles. The van der Waals surface area contributed by atoms with Gasteiger partial charge in [0.15, 0.2) is 0 Å². The summed E-state index contributed by atoms with van der Waals surface area (Å²) in [7, 11) is 0. The van der Waals surface area contributed by atoms with Crippen molar-refractivity contribution in [3.05, 3.63) is 35.9 Å². The second kappa shape index (κ2) is 6.89. The van der Waals surface area contributed by atoms with E-state index < -0.39 is 0 Å². The van der Waals surface area contributed by atoms with Gasteiger partial charge in [-0.25, -0.2) is 0 Å². The summed E-state index contributed by atoms with van der Waals surface area (Å²) in [6.07, 6.45) is 4.19. The highest BCUT2D eigenvalue weighted by atomic mass is 16.1. The summed E-state index contributed by atoms with van der Waals surface area (Å²) in [5, 5.41) is 3.56. The number of nitrogens with one attached hydrogen (secondary N) is 1. The van der Waals surface area contributed by atoms with Crippen LogP contribution in [0.4, 0.5) is 0 Å². The predicted molar refractivity (Wildman–Crippen MR) is 82.2 cm³/mol. The molecular formula is C17H26N2O. The first kappa shape index (κ1) is 15.0. The van der Waals surface area contributed by atoms with Gasteiger partial charge in [-0.2, -0.15) is 0 Å². The van der Waals surface area contributed by atoms with Crippen molar-refractivity contribution < 1.29 is 4.79 Å². The van der Waals surface area contributed by atoms with E-state index in [0.29, 0.717) is 12.0 Å². The van der Waals surface area contributed by atoms with Crippen LogP contribution in [0.3, 0.4) is 0 Å². The Kier molecular flexibility index (Phi) is 5.18. The zero-order valence-corrected chi connectivity index (χ0v) is 12.5. The van der Waals surface area contributed by atoms with Crippen LogP contribution in [0.1, 0.15) is 38.7 Å². The molecule has 1 fully saturated rings. The number of amides is 1. The number of carbonyl (C=O) groups is 1. The van der Waals surface area contributed by atoms with Crippen LogP contribution < -0.4 is 11.1 Å². The van der Waals surface area contributed by atoms with Crippen LogP contribution in [-0.2, 0) is 11.2 Å².